The van der Waals surface area contributed by atoms with E-state index in [-0.39, 0.29) is 36.3 Å². The summed E-state index contributed by atoms with van der Waals surface area (Å²) in [5, 5.41) is 17.4. The molecule has 1 aromatic carbocycles. The van der Waals surface area contributed by atoms with Crippen LogP contribution in [0, 0.1) is 11.3 Å². The maximum Gasteiger partial charge on any atom is 0.416 e. The molecule has 2 N–H and O–H groups in total. The molecular weight excluding hydrogens is 495 g/mol. The number of nitrogens with zero attached hydrogens (tertiary/aromatic N) is 5. The van der Waals surface area contributed by atoms with E-state index in [0.717, 1.165) is 12.1 Å². The van der Waals surface area contributed by atoms with E-state index in [1.807, 2.05) is 0 Å². The average Bonchev–Trinajstić information content (AvgIpc) is 3.23. The fourth-order valence-corrected chi connectivity index (χ4v) is 3.05. The van der Waals surface area contributed by atoms with Gasteiger partial charge in [0.05, 0.1) is 29.6 Å². The Labute approximate surface area is 203 Å². The molecule has 0 aliphatic carbocycles. The Kier molecular flexibility index (Phi) is 8.61. The molecule has 1 atom stereocenters. The number of carbonyl (C=O) groups is 2. The van der Waals surface area contributed by atoms with Gasteiger partial charge in [0.2, 0.25) is 5.91 Å². The molecule has 0 aliphatic rings. The zero-order valence-corrected chi connectivity index (χ0v) is 19.1. The van der Waals surface area contributed by atoms with Crippen LogP contribution in [0.25, 0.3) is 5.82 Å². The summed E-state index contributed by atoms with van der Waals surface area (Å²) < 4.78 is 40.4. The Hall–Kier alpha value is -3.63. The molecule has 9 nitrogen and oxygen atoms in total. The molecule has 0 aliphatic heterocycles. The van der Waals surface area contributed by atoms with Gasteiger partial charge in [-0.25, -0.2) is 9.97 Å². The second-order valence-corrected chi connectivity index (χ2v) is 7.18. The maximum absolute atomic E-state index is 13.0. The van der Waals surface area contributed by atoms with Crippen LogP contribution in [0.3, 0.4) is 0 Å². The first kappa shape index (κ1) is 26.6. The van der Waals surface area contributed by atoms with Crippen molar-refractivity contribution in [1.82, 2.24) is 25.1 Å². The van der Waals surface area contributed by atoms with Crippen molar-refractivity contribution in [3.63, 3.8) is 0 Å². The molecule has 3 rings (SSSR count). The Morgan fingerprint density at radius 1 is 1.24 bits per heavy atom. The molecule has 2 amide bonds. The van der Waals surface area contributed by atoms with Gasteiger partial charge in [0.1, 0.15) is 12.7 Å². The van der Waals surface area contributed by atoms with Gasteiger partial charge in [-0.15, -0.1) is 0 Å². The lowest BCUT2D eigenvalue weighted by Crippen LogP contribution is -2.29. The number of hydrogen-bond acceptors (Lipinski definition) is 6. The van der Waals surface area contributed by atoms with Crippen molar-refractivity contribution in [2.24, 2.45) is 0 Å². The molecule has 0 bridgehead atoms. The van der Waals surface area contributed by atoms with Crippen LogP contribution in [0.15, 0.2) is 42.9 Å². The molecule has 178 valence electrons. The van der Waals surface area contributed by atoms with Gasteiger partial charge in [-0.1, -0.05) is 11.6 Å². The minimum atomic E-state index is -4.66. The first-order valence-electron chi connectivity index (χ1n) is 9.30. The third kappa shape index (κ3) is 6.46. The lowest BCUT2D eigenvalue weighted by atomic mass is 10.1. The van der Waals surface area contributed by atoms with Crippen LogP contribution in [0.1, 0.15) is 41.1 Å². The van der Waals surface area contributed by atoms with Gasteiger partial charge in [0, 0.05) is 10.6 Å². The van der Waals surface area contributed by atoms with E-state index in [1.165, 1.54) is 29.3 Å². The minimum absolute atomic E-state index is 0. The quantitative estimate of drug-likeness (QED) is 0.518. The predicted octanol–water partition coefficient (Wildman–Crippen LogP) is 3.79. The van der Waals surface area contributed by atoms with Crippen molar-refractivity contribution >= 4 is 42.6 Å². The highest BCUT2D eigenvalue weighted by Crippen LogP contribution is 2.32. The van der Waals surface area contributed by atoms with Gasteiger partial charge in [0.25, 0.3) is 5.91 Å². The van der Waals surface area contributed by atoms with Crippen molar-refractivity contribution in [3.8, 4) is 11.9 Å². The first-order chi connectivity index (χ1) is 15.6. The first-order valence-corrected chi connectivity index (χ1v) is 9.68. The summed E-state index contributed by atoms with van der Waals surface area (Å²) in [7, 11) is 0. The van der Waals surface area contributed by atoms with Crippen molar-refractivity contribution in [3.05, 3.63) is 64.8 Å². The highest BCUT2D eigenvalue weighted by molar-refractivity contribution is 7.59. The van der Waals surface area contributed by atoms with E-state index < -0.39 is 29.6 Å². The molecule has 14 heteroatoms. The van der Waals surface area contributed by atoms with Crippen molar-refractivity contribution in [1.29, 1.82) is 5.26 Å². The second kappa shape index (κ2) is 11.0. The molecule has 0 saturated carbocycles. The molecule has 2 heterocycles. The number of rotatable bonds is 6. The van der Waals surface area contributed by atoms with Gasteiger partial charge in [0.15, 0.2) is 11.6 Å². The molecular formula is C20H17ClF3N7O2S. The monoisotopic (exact) mass is 511 g/mol. The maximum atomic E-state index is 13.0. The number of amides is 2. The van der Waals surface area contributed by atoms with Crippen LogP contribution in [0.4, 0.5) is 18.9 Å². The van der Waals surface area contributed by atoms with E-state index in [9.17, 15) is 22.8 Å². The molecule has 0 spiro atoms. The second-order valence-electron chi connectivity index (χ2n) is 6.74. The number of benzene rings is 1. The smallest absolute Gasteiger partial charge is 0.342 e. The summed E-state index contributed by atoms with van der Waals surface area (Å²) in [5.74, 6) is -0.702. The summed E-state index contributed by atoms with van der Waals surface area (Å²) in [4.78, 5) is 32.3. The van der Waals surface area contributed by atoms with Gasteiger partial charge >= 0.3 is 6.18 Å². The molecule has 3 aromatic rings. The van der Waals surface area contributed by atoms with Crippen LogP contribution in [-0.2, 0) is 11.0 Å². The van der Waals surface area contributed by atoms with E-state index in [2.05, 4.69) is 25.7 Å². The zero-order valence-electron chi connectivity index (χ0n) is 17.4. The molecule has 34 heavy (non-hydrogen) atoms. The summed E-state index contributed by atoms with van der Waals surface area (Å²) in [5.41, 5.74) is -0.936. The number of carbonyl (C=O) groups excluding carboxylic acids is 2. The molecule has 0 fully saturated rings. The Morgan fingerprint density at radius 3 is 2.59 bits per heavy atom. The zero-order chi connectivity index (χ0) is 24.2. The standard InChI is InChI=1S/C20H15ClF3N7O2.H2S/c1-11(29-19(33)12-6-13(20(22,23)24)8-14(21)7-12)18-27-10-28-31(18)16-3-2-15(9-26-16)30-17(32)4-5-25;/h2-3,6-11H,4H2,1H3,(H,29,33)(H,30,32);1H2/t11-;/m0./s1. The fourth-order valence-electron chi connectivity index (χ4n) is 2.81. The summed E-state index contributed by atoms with van der Waals surface area (Å²) >= 11 is 5.75. The fraction of sp³-hybridized carbons (Fsp3) is 0.200. The lowest BCUT2D eigenvalue weighted by Gasteiger charge is -2.15. The van der Waals surface area contributed by atoms with E-state index >= 15 is 0 Å². The third-order valence-corrected chi connectivity index (χ3v) is 4.50. The normalized spacial score (nSPS) is 11.6. The molecule has 0 unspecified atom stereocenters. The molecule has 0 saturated heterocycles. The highest BCUT2D eigenvalue weighted by atomic mass is 35.5. The summed E-state index contributed by atoms with van der Waals surface area (Å²) in [6.07, 6.45) is -2.38. The number of anilines is 1. The van der Waals surface area contributed by atoms with Crippen molar-refractivity contribution in [2.45, 2.75) is 25.6 Å². The number of nitriles is 1. The SMILES string of the molecule is C[C@H](NC(=O)c1cc(Cl)cc(C(F)(F)F)c1)c1ncnn1-c1ccc(NC(=O)CC#N)cn1.S. The molecule has 0 radical (unpaired) electrons. The van der Waals surface area contributed by atoms with Crippen molar-refractivity contribution in [2.75, 3.05) is 5.32 Å². The predicted molar refractivity (Wildman–Crippen MR) is 121 cm³/mol. The Morgan fingerprint density at radius 2 is 1.97 bits per heavy atom. The number of alkyl halides is 3. The third-order valence-electron chi connectivity index (χ3n) is 4.28. The number of pyridine rings is 1. The van der Waals surface area contributed by atoms with Crippen molar-refractivity contribution < 1.29 is 22.8 Å². The van der Waals surface area contributed by atoms with Gasteiger partial charge in [-0.2, -0.15) is 41.7 Å². The lowest BCUT2D eigenvalue weighted by molar-refractivity contribution is -0.137. The largest absolute Gasteiger partial charge is 0.416 e. The average molecular weight is 512 g/mol. The molecule has 2 aromatic heterocycles. The summed E-state index contributed by atoms with van der Waals surface area (Å²) in [6, 6.07) is 6.61. The van der Waals surface area contributed by atoms with Crippen LogP contribution in [-0.4, -0.2) is 31.6 Å². The van der Waals surface area contributed by atoms with Crippen LogP contribution in [0.2, 0.25) is 5.02 Å². The number of aromatic nitrogens is 4. The topological polar surface area (TPSA) is 126 Å². The minimum Gasteiger partial charge on any atom is -0.342 e. The number of halogens is 4. The highest BCUT2D eigenvalue weighted by Gasteiger charge is 2.32. The van der Waals surface area contributed by atoms with Crippen LogP contribution < -0.4 is 10.6 Å². The Bertz CT molecular complexity index is 1230. The van der Waals surface area contributed by atoms with E-state index in [4.69, 9.17) is 16.9 Å². The summed E-state index contributed by atoms with van der Waals surface area (Å²) in [6.45, 7) is 1.57. The number of nitrogens with one attached hydrogen (secondary N) is 2. The van der Waals surface area contributed by atoms with E-state index in [1.54, 1.807) is 13.0 Å². The van der Waals surface area contributed by atoms with Crippen LogP contribution >= 0.6 is 25.1 Å². The van der Waals surface area contributed by atoms with E-state index in [0.29, 0.717) is 17.6 Å². The van der Waals surface area contributed by atoms with Crippen LogP contribution in [0.5, 0.6) is 0 Å². The van der Waals surface area contributed by atoms with Gasteiger partial charge in [-0.3, -0.25) is 9.59 Å². The van der Waals surface area contributed by atoms with Gasteiger partial charge in [-0.05, 0) is 37.3 Å². The number of hydrogen-bond donors (Lipinski definition) is 2. The Balaban J connectivity index is 0.00000408. The van der Waals surface area contributed by atoms with Gasteiger partial charge < -0.3 is 10.6 Å².